The number of aliphatic hydroxyl groups excluding tert-OH is 1. The Morgan fingerprint density at radius 1 is 1.56 bits per heavy atom. The highest BCUT2D eigenvalue weighted by atomic mass is 127. The number of phenolic OH excluding ortho intramolecular Hbond substituents is 1. The van der Waals surface area contributed by atoms with E-state index in [9.17, 15) is 9.90 Å². The Bertz CT molecular complexity index is 377. The molecule has 0 aromatic heterocycles. The molecule has 0 unspecified atom stereocenters. The summed E-state index contributed by atoms with van der Waals surface area (Å²) in [6.45, 7) is 1.80. The van der Waals surface area contributed by atoms with E-state index in [1.807, 2.05) is 29.5 Å². The van der Waals surface area contributed by atoms with Crippen molar-refractivity contribution in [3.63, 3.8) is 0 Å². The summed E-state index contributed by atoms with van der Waals surface area (Å²) in [6.07, 6.45) is 0.665. The van der Waals surface area contributed by atoms with Crippen molar-refractivity contribution in [1.82, 2.24) is 5.32 Å². The quantitative estimate of drug-likeness (QED) is 0.731. The minimum absolute atomic E-state index is 0.0847. The number of rotatable bonds is 4. The molecule has 0 aliphatic carbocycles. The molecule has 16 heavy (non-hydrogen) atoms. The lowest BCUT2D eigenvalue weighted by atomic mass is 10.1. The fraction of sp³-hybridized carbons (Fsp3) is 0.364. The molecule has 0 heterocycles. The van der Waals surface area contributed by atoms with E-state index in [1.54, 1.807) is 12.1 Å². The van der Waals surface area contributed by atoms with E-state index in [4.69, 9.17) is 5.11 Å². The number of benzene rings is 1. The number of phenols is 1. The zero-order chi connectivity index (χ0) is 12.1. The van der Waals surface area contributed by atoms with E-state index < -0.39 is 0 Å². The maximum Gasteiger partial charge on any atom is 0.251 e. The second-order valence-electron chi connectivity index (χ2n) is 3.43. The van der Waals surface area contributed by atoms with Crippen LogP contribution in [0.4, 0.5) is 0 Å². The van der Waals surface area contributed by atoms with Crippen LogP contribution in [0.2, 0.25) is 0 Å². The molecule has 3 N–H and O–H groups in total. The number of nitrogens with one attached hydrogen (secondary N) is 1. The van der Waals surface area contributed by atoms with Crippen LogP contribution in [-0.4, -0.2) is 28.8 Å². The van der Waals surface area contributed by atoms with E-state index in [1.165, 1.54) is 6.07 Å². The van der Waals surface area contributed by atoms with Gasteiger partial charge in [0.2, 0.25) is 0 Å². The minimum atomic E-state index is -0.285. The summed E-state index contributed by atoms with van der Waals surface area (Å²) in [5.41, 5.74) is 0.393. The SMILES string of the molecule is CC[C@H](CO)NC(=O)c1ccc(I)c(O)c1. The van der Waals surface area contributed by atoms with Crippen molar-refractivity contribution in [3.05, 3.63) is 27.3 Å². The summed E-state index contributed by atoms with van der Waals surface area (Å²) in [5.74, 6) is -0.196. The molecule has 1 aromatic rings. The molecule has 0 bridgehead atoms. The van der Waals surface area contributed by atoms with E-state index >= 15 is 0 Å². The number of carbonyl (C=O) groups excluding carboxylic acids is 1. The fourth-order valence-corrected chi connectivity index (χ4v) is 1.53. The van der Waals surface area contributed by atoms with Gasteiger partial charge in [-0.3, -0.25) is 4.79 Å². The summed E-state index contributed by atoms with van der Waals surface area (Å²) < 4.78 is 0.698. The van der Waals surface area contributed by atoms with Crippen molar-refractivity contribution in [3.8, 4) is 5.75 Å². The summed E-state index contributed by atoms with van der Waals surface area (Å²) >= 11 is 1.98. The lowest BCUT2D eigenvalue weighted by Crippen LogP contribution is -2.36. The molecular formula is C11H14INO3. The van der Waals surface area contributed by atoms with E-state index in [-0.39, 0.29) is 24.3 Å². The Kier molecular flexibility index (Phi) is 5.01. The molecule has 0 aliphatic rings. The van der Waals surface area contributed by atoms with Crippen molar-refractivity contribution in [2.75, 3.05) is 6.61 Å². The standard InChI is InChI=1S/C11H14INO3/c1-2-8(6-14)13-11(16)7-3-4-9(12)10(15)5-7/h3-5,8,14-15H,2,6H2,1H3,(H,13,16)/t8-/m1/s1. The molecule has 1 atom stereocenters. The van der Waals surface area contributed by atoms with Crippen molar-refractivity contribution < 1.29 is 15.0 Å². The normalized spacial score (nSPS) is 12.2. The largest absolute Gasteiger partial charge is 0.507 e. The molecule has 0 fully saturated rings. The predicted octanol–water partition coefficient (Wildman–Crippen LogP) is 1.50. The van der Waals surface area contributed by atoms with Gasteiger partial charge in [-0.15, -0.1) is 0 Å². The van der Waals surface area contributed by atoms with Gasteiger partial charge in [0, 0.05) is 5.56 Å². The van der Waals surface area contributed by atoms with E-state index in [2.05, 4.69) is 5.32 Å². The first-order valence-corrected chi connectivity index (χ1v) is 6.06. The number of hydrogen-bond donors (Lipinski definition) is 3. The van der Waals surface area contributed by atoms with Gasteiger partial charge in [0.1, 0.15) is 5.75 Å². The lowest BCUT2D eigenvalue weighted by molar-refractivity contribution is 0.0914. The van der Waals surface area contributed by atoms with E-state index in [0.717, 1.165) is 0 Å². The number of carbonyl (C=O) groups is 1. The first-order chi connectivity index (χ1) is 7.58. The van der Waals surface area contributed by atoms with E-state index in [0.29, 0.717) is 15.6 Å². The van der Waals surface area contributed by atoms with Crippen LogP contribution in [-0.2, 0) is 0 Å². The van der Waals surface area contributed by atoms with Crippen LogP contribution in [0.3, 0.4) is 0 Å². The molecule has 0 saturated carbocycles. The second kappa shape index (κ2) is 6.05. The van der Waals surface area contributed by atoms with Crippen LogP contribution >= 0.6 is 22.6 Å². The molecule has 0 radical (unpaired) electrons. The molecule has 1 amide bonds. The Balaban J connectivity index is 2.76. The maximum absolute atomic E-state index is 11.7. The zero-order valence-corrected chi connectivity index (χ0v) is 11.1. The molecule has 5 heteroatoms. The third kappa shape index (κ3) is 3.34. The Hall–Kier alpha value is -0.820. The van der Waals surface area contributed by atoms with Crippen LogP contribution in [0.15, 0.2) is 18.2 Å². The highest BCUT2D eigenvalue weighted by molar-refractivity contribution is 14.1. The number of aliphatic hydroxyl groups is 1. The van der Waals surface area contributed by atoms with Crippen LogP contribution in [0.5, 0.6) is 5.75 Å². The number of halogens is 1. The van der Waals surface area contributed by atoms with Crippen LogP contribution in [0, 0.1) is 3.57 Å². The fourth-order valence-electron chi connectivity index (χ4n) is 1.20. The number of aromatic hydroxyl groups is 1. The van der Waals surface area contributed by atoms with Gasteiger partial charge in [0.15, 0.2) is 0 Å². The molecule has 1 aromatic carbocycles. The van der Waals surface area contributed by atoms with Crippen LogP contribution < -0.4 is 5.32 Å². The molecule has 0 spiro atoms. The Morgan fingerprint density at radius 2 is 2.25 bits per heavy atom. The topological polar surface area (TPSA) is 69.6 Å². The first-order valence-electron chi connectivity index (χ1n) is 4.98. The second-order valence-corrected chi connectivity index (χ2v) is 4.59. The smallest absolute Gasteiger partial charge is 0.251 e. The molecule has 4 nitrogen and oxygen atoms in total. The molecular weight excluding hydrogens is 321 g/mol. The molecule has 0 aliphatic heterocycles. The van der Waals surface area contributed by atoms with Gasteiger partial charge in [0.25, 0.3) is 5.91 Å². The molecule has 88 valence electrons. The molecule has 1 rings (SSSR count). The van der Waals surface area contributed by atoms with Gasteiger partial charge < -0.3 is 15.5 Å². The van der Waals surface area contributed by atoms with Gasteiger partial charge in [-0.2, -0.15) is 0 Å². The Morgan fingerprint density at radius 3 is 2.75 bits per heavy atom. The molecule has 0 saturated heterocycles. The van der Waals surface area contributed by atoms with Crippen molar-refractivity contribution in [2.24, 2.45) is 0 Å². The third-order valence-corrected chi connectivity index (χ3v) is 3.17. The number of hydrogen-bond acceptors (Lipinski definition) is 3. The van der Waals surface area contributed by atoms with Crippen molar-refractivity contribution >= 4 is 28.5 Å². The van der Waals surface area contributed by atoms with Crippen LogP contribution in [0.25, 0.3) is 0 Å². The highest BCUT2D eigenvalue weighted by Crippen LogP contribution is 2.20. The maximum atomic E-state index is 11.7. The van der Waals surface area contributed by atoms with Gasteiger partial charge in [0.05, 0.1) is 16.2 Å². The number of amides is 1. The van der Waals surface area contributed by atoms with Crippen molar-refractivity contribution in [1.29, 1.82) is 0 Å². The van der Waals surface area contributed by atoms with Crippen LogP contribution in [0.1, 0.15) is 23.7 Å². The van der Waals surface area contributed by atoms with Gasteiger partial charge in [-0.25, -0.2) is 0 Å². The predicted molar refractivity (Wildman–Crippen MR) is 69.5 cm³/mol. The minimum Gasteiger partial charge on any atom is -0.507 e. The van der Waals surface area contributed by atoms with Crippen molar-refractivity contribution in [2.45, 2.75) is 19.4 Å². The summed E-state index contributed by atoms with van der Waals surface area (Å²) in [5, 5.41) is 21.1. The first kappa shape index (κ1) is 13.2. The van der Waals surface area contributed by atoms with Gasteiger partial charge in [-0.1, -0.05) is 6.92 Å². The third-order valence-electron chi connectivity index (χ3n) is 2.26. The average Bonchev–Trinajstić information content (AvgIpc) is 2.29. The summed E-state index contributed by atoms with van der Waals surface area (Å²) in [7, 11) is 0. The zero-order valence-electron chi connectivity index (χ0n) is 8.90. The summed E-state index contributed by atoms with van der Waals surface area (Å²) in [4.78, 5) is 11.7. The van der Waals surface area contributed by atoms with Gasteiger partial charge >= 0.3 is 0 Å². The summed E-state index contributed by atoms with van der Waals surface area (Å²) in [6, 6.07) is 4.49. The Labute approximate surface area is 108 Å². The van der Waals surface area contributed by atoms with Gasteiger partial charge in [-0.05, 0) is 47.2 Å². The average molecular weight is 335 g/mol. The lowest BCUT2D eigenvalue weighted by Gasteiger charge is -2.14. The highest BCUT2D eigenvalue weighted by Gasteiger charge is 2.12. The monoisotopic (exact) mass is 335 g/mol.